The smallest absolute Gasteiger partial charge is 0.220 e. The second-order valence-corrected chi connectivity index (χ2v) is 6.13. The molecule has 2 saturated heterocycles. The molecular formula is C14H26N2O. The molecule has 0 aromatic heterocycles. The molecule has 2 rings (SSSR count). The van der Waals surface area contributed by atoms with E-state index in [1.165, 1.54) is 38.9 Å². The fourth-order valence-corrected chi connectivity index (χ4v) is 3.10. The van der Waals surface area contributed by atoms with Crippen molar-refractivity contribution in [1.29, 1.82) is 0 Å². The van der Waals surface area contributed by atoms with Gasteiger partial charge in [-0.2, -0.15) is 0 Å². The van der Waals surface area contributed by atoms with E-state index in [-0.39, 0.29) is 5.91 Å². The number of carbonyl (C=O) groups excluding carboxylic acids is 1. The summed E-state index contributed by atoms with van der Waals surface area (Å²) in [5.74, 6) is 2.46. The van der Waals surface area contributed by atoms with Gasteiger partial charge in [0.2, 0.25) is 5.91 Å². The molecule has 1 amide bonds. The monoisotopic (exact) mass is 238 g/mol. The number of hydrogen-bond acceptors (Lipinski definition) is 2. The van der Waals surface area contributed by atoms with Crippen LogP contribution in [0.15, 0.2) is 0 Å². The van der Waals surface area contributed by atoms with E-state index < -0.39 is 0 Å². The Balaban J connectivity index is 1.83. The molecular weight excluding hydrogens is 212 g/mol. The number of fused-ring (bicyclic) bond motifs is 1. The van der Waals surface area contributed by atoms with Crippen LogP contribution in [0.3, 0.4) is 0 Å². The van der Waals surface area contributed by atoms with Crippen LogP contribution in [0.1, 0.15) is 39.5 Å². The second-order valence-electron chi connectivity index (χ2n) is 6.13. The molecule has 1 N–H and O–H groups in total. The predicted molar refractivity (Wildman–Crippen MR) is 69.7 cm³/mol. The van der Waals surface area contributed by atoms with Crippen molar-refractivity contribution in [3.63, 3.8) is 0 Å². The van der Waals surface area contributed by atoms with Gasteiger partial charge < -0.3 is 10.2 Å². The quantitative estimate of drug-likeness (QED) is 0.814. The Morgan fingerprint density at radius 3 is 2.94 bits per heavy atom. The molecule has 3 nitrogen and oxygen atoms in total. The van der Waals surface area contributed by atoms with E-state index in [0.717, 1.165) is 24.8 Å². The Morgan fingerprint density at radius 1 is 1.35 bits per heavy atom. The summed E-state index contributed by atoms with van der Waals surface area (Å²) in [5, 5.41) is 3.01. The van der Waals surface area contributed by atoms with Crippen LogP contribution in [0.2, 0.25) is 0 Å². The van der Waals surface area contributed by atoms with Gasteiger partial charge in [0.25, 0.3) is 0 Å². The summed E-state index contributed by atoms with van der Waals surface area (Å²) < 4.78 is 0. The van der Waals surface area contributed by atoms with Gasteiger partial charge in [-0.05, 0) is 50.1 Å². The minimum Gasteiger partial charge on any atom is -0.356 e. The number of hydrogen-bond donors (Lipinski definition) is 1. The molecule has 2 aliphatic rings. The van der Waals surface area contributed by atoms with E-state index in [1.807, 2.05) is 0 Å². The number of likely N-dealkylation sites (tertiary alicyclic amines) is 1. The van der Waals surface area contributed by atoms with Crippen LogP contribution in [-0.2, 0) is 4.79 Å². The molecule has 2 aliphatic heterocycles. The maximum absolute atomic E-state index is 11.5. The molecule has 98 valence electrons. The van der Waals surface area contributed by atoms with Crippen LogP contribution in [0, 0.1) is 17.8 Å². The highest BCUT2D eigenvalue weighted by Gasteiger charge is 2.32. The number of nitrogens with one attached hydrogen (secondary N) is 1. The third-order valence-corrected chi connectivity index (χ3v) is 4.28. The molecule has 0 radical (unpaired) electrons. The average molecular weight is 238 g/mol. The van der Waals surface area contributed by atoms with Crippen molar-refractivity contribution in [1.82, 2.24) is 10.2 Å². The molecule has 2 heterocycles. The molecule has 0 aromatic carbocycles. The summed E-state index contributed by atoms with van der Waals surface area (Å²) in [6.07, 6.45) is 4.46. The van der Waals surface area contributed by atoms with Crippen molar-refractivity contribution >= 4 is 5.91 Å². The number of carbonyl (C=O) groups is 1. The lowest BCUT2D eigenvalue weighted by atomic mass is 9.82. The molecule has 17 heavy (non-hydrogen) atoms. The molecule has 0 aliphatic carbocycles. The van der Waals surface area contributed by atoms with Gasteiger partial charge in [-0.3, -0.25) is 4.79 Å². The van der Waals surface area contributed by atoms with E-state index in [0.29, 0.717) is 5.92 Å². The highest BCUT2D eigenvalue weighted by Crippen LogP contribution is 2.30. The van der Waals surface area contributed by atoms with Crippen LogP contribution in [0.4, 0.5) is 0 Å². The van der Waals surface area contributed by atoms with Crippen molar-refractivity contribution in [3.8, 4) is 0 Å². The van der Waals surface area contributed by atoms with Crippen LogP contribution in [0.25, 0.3) is 0 Å². The van der Waals surface area contributed by atoms with Gasteiger partial charge in [0.1, 0.15) is 0 Å². The first-order valence-electron chi connectivity index (χ1n) is 7.14. The largest absolute Gasteiger partial charge is 0.356 e. The number of amides is 1. The first kappa shape index (κ1) is 12.9. The highest BCUT2D eigenvalue weighted by atomic mass is 16.1. The summed E-state index contributed by atoms with van der Waals surface area (Å²) in [6.45, 7) is 9.12. The fourth-order valence-electron chi connectivity index (χ4n) is 3.10. The first-order chi connectivity index (χ1) is 8.15. The maximum atomic E-state index is 11.5. The zero-order valence-corrected chi connectivity index (χ0v) is 11.2. The Hall–Kier alpha value is -0.570. The van der Waals surface area contributed by atoms with Gasteiger partial charge in [-0.15, -0.1) is 0 Å². The minimum absolute atomic E-state index is 0.271. The Morgan fingerprint density at radius 2 is 2.18 bits per heavy atom. The Labute approximate surface area is 105 Å². The lowest BCUT2D eigenvalue weighted by Crippen LogP contribution is -2.41. The number of rotatable bonds is 3. The zero-order valence-electron chi connectivity index (χ0n) is 11.2. The van der Waals surface area contributed by atoms with Gasteiger partial charge >= 0.3 is 0 Å². The van der Waals surface area contributed by atoms with Gasteiger partial charge in [0.05, 0.1) is 0 Å². The van der Waals surface area contributed by atoms with Gasteiger partial charge in [-0.1, -0.05) is 13.8 Å². The van der Waals surface area contributed by atoms with Crippen molar-refractivity contribution in [2.24, 2.45) is 17.8 Å². The Bertz CT molecular complexity index is 265. The normalized spacial score (nSPS) is 30.9. The topological polar surface area (TPSA) is 32.3 Å². The number of piperidine rings is 1. The zero-order chi connectivity index (χ0) is 12.3. The molecule has 2 unspecified atom stereocenters. The highest BCUT2D eigenvalue weighted by molar-refractivity contribution is 5.76. The second kappa shape index (κ2) is 5.85. The molecule has 2 atom stereocenters. The van der Waals surface area contributed by atoms with E-state index >= 15 is 0 Å². The molecule has 0 saturated carbocycles. The van der Waals surface area contributed by atoms with Crippen molar-refractivity contribution < 1.29 is 4.79 Å². The Kier molecular flexibility index (Phi) is 4.43. The van der Waals surface area contributed by atoms with Gasteiger partial charge in [-0.25, -0.2) is 0 Å². The van der Waals surface area contributed by atoms with E-state index in [1.54, 1.807) is 0 Å². The lowest BCUT2D eigenvalue weighted by molar-refractivity contribution is -0.121. The van der Waals surface area contributed by atoms with Crippen molar-refractivity contribution in [2.45, 2.75) is 39.5 Å². The molecule has 2 fully saturated rings. The standard InChI is InChI=1S/C14H26N2O/c1-11(2)4-7-16-8-5-12-9-14(17)15-6-3-13(12)10-16/h11-13H,3-10H2,1-2H3,(H,15,17). The van der Waals surface area contributed by atoms with Crippen LogP contribution in [0.5, 0.6) is 0 Å². The SMILES string of the molecule is CC(C)CCN1CCC2CC(=O)NCCC2C1. The lowest BCUT2D eigenvalue weighted by Gasteiger charge is -2.37. The minimum atomic E-state index is 0.271. The van der Waals surface area contributed by atoms with Gasteiger partial charge in [0.15, 0.2) is 0 Å². The van der Waals surface area contributed by atoms with Crippen molar-refractivity contribution in [2.75, 3.05) is 26.2 Å². The summed E-state index contributed by atoms with van der Waals surface area (Å²) >= 11 is 0. The average Bonchev–Trinajstić information content (AvgIpc) is 2.46. The van der Waals surface area contributed by atoms with Crippen LogP contribution in [-0.4, -0.2) is 37.0 Å². The summed E-state index contributed by atoms with van der Waals surface area (Å²) in [4.78, 5) is 14.1. The number of nitrogens with zero attached hydrogens (tertiary/aromatic N) is 1. The molecule has 0 bridgehead atoms. The summed E-state index contributed by atoms with van der Waals surface area (Å²) in [6, 6.07) is 0. The summed E-state index contributed by atoms with van der Waals surface area (Å²) in [7, 11) is 0. The van der Waals surface area contributed by atoms with Crippen LogP contribution >= 0.6 is 0 Å². The van der Waals surface area contributed by atoms with Crippen molar-refractivity contribution in [3.05, 3.63) is 0 Å². The summed E-state index contributed by atoms with van der Waals surface area (Å²) in [5.41, 5.74) is 0. The van der Waals surface area contributed by atoms with E-state index in [4.69, 9.17) is 0 Å². The third kappa shape index (κ3) is 3.70. The molecule has 0 aromatic rings. The fraction of sp³-hybridized carbons (Fsp3) is 0.929. The van der Waals surface area contributed by atoms with E-state index in [2.05, 4.69) is 24.1 Å². The molecule has 0 spiro atoms. The molecule has 3 heteroatoms. The van der Waals surface area contributed by atoms with Crippen LogP contribution < -0.4 is 5.32 Å². The van der Waals surface area contributed by atoms with E-state index in [9.17, 15) is 4.79 Å². The van der Waals surface area contributed by atoms with Gasteiger partial charge in [0, 0.05) is 19.5 Å². The first-order valence-corrected chi connectivity index (χ1v) is 7.14. The third-order valence-electron chi connectivity index (χ3n) is 4.28. The maximum Gasteiger partial charge on any atom is 0.220 e. The predicted octanol–water partition coefficient (Wildman–Crippen LogP) is 1.88.